The van der Waals surface area contributed by atoms with Crippen LogP contribution in [0.15, 0.2) is 63.5 Å². The van der Waals surface area contributed by atoms with Gasteiger partial charge in [-0.2, -0.15) is 5.26 Å². The fourth-order valence-corrected chi connectivity index (χ4v) is 3.00. The van der Waals surface area contributed by atoms with Crippen LogP contribution in [0.3, 0.4) is 0 Å². The van der Waals surface area contributed by atoms with Crippen LogP contribution in [0, 0.1) is 11.3 Å². The molecular formula is C21H14BrN3O2. The number of hydrogen-bond acceptors (Lipinski definition) is 4. The van der Waals surface area contributed by atoms with Gasteiger partial charge in [-0.1, -0.05) is 28.1 Å². The van der Waals surface area contributed by atoms with Crippen LogP contribution in [-0.2, 0) is 0 Å². The van der Waals surface area contributed by atoms with Crippen LogP contribution in [0.1, 0.15) is 11.6 Å². The molecule has 0 amide bonds. The Kier molecular flexibility index (Phi) is 4.53. The van der Waals surface area contributed by atoms with Gasteiger partial charge in [-0.05, 0) is 36.4 Å². The number of ether oxygens (including phenoxy) is 1. The Bertz CT molecular complexity index is 1180. The number of nitriles is 1. The lowest BCUT2D eigenvalue weighted by Gasteiger charge is -1.97. The molecule has 0 spiro atoms. The topological polar surface area (TPSA) is 74.8 Å². The molecule has 4 aromatic rings. The molecule has 4 rings (SSSR count). The maximum atomic E-state index is 9.57. The largest absolute Gasteiger partial charge is 0.497 e. The van der Waals surface area contributed by atoms with Crippen LogP contribution in [0.5, 0.6) is 5.75 Å². The predicted molar refractivity (Wildman–Crippen MR) is 108 cm³/mol. The number of hydrogen-bond donors (Lipinski definition) is 1. The lowest BCUT2D eigenvalue weighted by atomic mass is 10.2. The summed E-state index contributed by atoms with van der Waals surface area (Å²) in [4.78, 5) is 7.64. The summed E-state index contributed by atoms with van der Waals surface area (Å²) in [5, 5.41) is 9.57. The number of furan rings is 1. The number of nitrogens with zero attached hydrogens (tertiary/aromatic N) is 2. The summed E-state index contributed by atoms with van der Waals surface area (Å²) in [6.07, 6.45) is 1.68. The van der Waals surface area contributed by atoms with Crippen molar-refractivity contribution in [2.24, 2.45) is 0 Å². The number of methoxy groups -OCH3 is 1. The number of aromatic amines is 1. The molecule has 2 aromatic heterocycles. The highest BCUT2D eigenvalue weighted by Crippen LogP contribution is 2.27. The molecule has 27 heavy (non-hydrogen) atoms. The van der Waals surface area contributed by atoms with Crippen molar-refractivity contribution in [3.8, 4) is 23.1 Å². The van der Waals surface area contributed by atoms with Crippen molar-refractivity contribution < 1.29 is 9.15 Å². The molecular weight excluding hydrogens is 406 g/mol. The van der Waals surface area contributed by atoms with E-state index in [1.165, 1.54) is 0 Å². The number of imidazole rings is 1. The highest BCUT2D eigenvalue weighted by atomic mass is 79.9. The minimum atomic E-state index is 0.391. The number of allylic oxidation sites excluding steroid dienone is 1. The predicted octanol–water partition coefficient (Wildman–Crippen LogP) is 5.66. The lowest BCUT2D eigenvalue weighted by Crippen LogP contribution is -1.84. The Morgan fingerprint density at radius 3 is 2.74 bits per heavy atom. The number of fused-ring (bicyclic) bond motifs is 1. The first-order valence-electron chi connectivity index (χ1n) is 8.18. The van der Waals surface area contributed by atoms with Gasteiger partial charge >= 0.3 is 0 Å². The van der Waals surface area contributed by atoms with Crippen molar-refractivity contribution in [1.29, 1.82) is 5.26 Å². The number of H-pyrrole nitrogens is 1. The second kappa shape index (κ2) is 7.14. The summed E-state index contributed by atoms with van der Waals surface area (Å²) in [5.41, 5.74) is 2.93. The Labute approximate surface area is 164 Å². The second-order valence-corrected chi connectivity index (χ2v) is 6.76. The third-order valence-electron chi connectivity index (χ3n) is 4.11. The van der Waals surface area contributed by atoms with E-state index >= 15 is 0 Å². The molecule has 1 N–H and O–H groups in total. The SMILES string of the molecule is COc1ccc2nc(/C(C#N)=C/c3ccc(-c4ccc(Br)cc4)o3)[nH]c2c1. The van der Waals surface area contributed by atoms with E-state index in [2.05, 4.69) is 32.0 Å². The Morgan fingerprint density at radius 1 is 1.19 bits per heavy atom. The molecule has 0 radical (unpaired) electrons. The van der Waals surface area contributed by atoms with Crippen LogP contribution in [0.4, 0.5) is 0 Å². The molecule has 132 valence electrons. The second-order valence-electron chi connectivity index (χ2n) is 5.85. The van der Waals surface area contributed by atoms with E-state index in [4.69, 9.17) is 9.15 Å². The average molecular weight is 420 g/mol. The van der Waals surface area contributed by atoms with Gasteiger partial charge in [0, 0.05) is 22.2 Å². The molecule has 0 aliphatic heterocycles. The first-order valence-corrected chi connectivity index (χ1v) is 8.97. The number of rotatable bonds is 4. The summed E-state index contributed by atoms with van der Waals surface area (Å²) in [6, 6.07) is 19.3. The Balaban J connectivity index is 1.68. The minimum Gasteiger partial charge on any atom is -0.497 e. The van der Waals surface area contributed by atoms with Gasteiger partial charge in [-0.15, -0.1) is 0 Å². The zero-order valence-corrected chi connectivity index (χ0v) is 15.9. The molecule has 0 saturated carbocycles. The van der Waals surface area contributed by atoms with Gasteiger partial charge in [0.1, 0.15) is 29.2 Å². The van der Waals surface area contributed by atoms with Crippen LogP contribution in [0.25, 0.3) is 34.0 Å². The first-order chi connectivity index (χ1) is 13.2. The van der Waals surface area contributed by atoms with E-state index in [-0.39, 0.29) is 0 Å². The molecule has 0 bridgehead atoms. The fraction of sp³-hybridized carbons (Fsp3) is 0.0476. The minimum absolute atomic E-state index is 0.391. The van der Waals surface area contributed by atoms with E-state index in [1.54, 1.807) is 13.2 Å². The summed E-state index contributed by atoms with van der Waals surface area (Å²) in [7, 11) is 1.61. The van der Waals surface area contributed by atoms with E-state index < -0.39 is 0 Å². The van der Waals surface area contributed by atoms with Gasteiger partial charge in [0.2, 0.25) is 0 Å². The summed E-state index contributed by atoms with van der Waals surface area (Å²) >= 11 is 3.42. The molecule has 0 aliphatic carbocycles. The Morgan fingerprint density at radius 2 is 2.00 bits per heavy atom. The molecule has 0 atom stereocenters. The zero-order chi connectivity index (χ0) is 18.8. The molecule has 2 heterocycles. The summed E-state index contributed by atoms with van der Waals surface area (Å²) in [6.45, 7) is 0. The van der Waals surface area contributed by atoms with Crippen LogP contribution >= 0.6 is 15.9 Å². The maximum absolute atomic E-state index is 9.57. The van der Waals surface area contributed by atoms with E-state index in [1.807, 2.05) is 54.6 Å². The summed E-state index contributed by atoms with van der Waals surface area (Å²) < 4.78 is 12.1. The third-order valence-corrected chi connectivity index (χ3v) is 4.64. The van der Waals surface area contributed by atoms with Crippen molar-refractivity contribution in [1.82, 2.24) is 9.97 Å². The number of aromatic nitrogens is 2. The quantitative estimate of drug-likeness (QED) is 0.433. The number of benzene rings is 2. The highest BCUT2D eigenvalue weighted by Gasteiger charge is 2.11. The van der Waals surface area contributed by atoms with E-state index in [0.717, 1.165) is 32.6 Å². The van der Waals surface area contributed by atoms with Gasteiger partial charge in [-0.3, -0.25) is 0 Å². The summed E-state index contributed by atoms with van der Waals surface area (Å²) in [5.74, 6) is 2.54. The van der Waals surface area contributed by atoms with Crippen LogP contribution in [0.2, 0.25) is 0 Å². The highest BCUT2D eigenvalue weighted by molar-refractivity contribution is 9.10. The number of halogens is 1. The van der Waals surface area contributed by atoms with Crippen molar-refractivity contribution >= 4 is 38.6 Å². The Hall–Kier alpha value is -3.30. The average Bonchev–Trinajstić information content (AvgIpc) is 3.32. The van der Waals surface area contributed by atoms with Gasteiger partial charge in [0.15, 0.2) is 0 Å². The van der Waals surface area contributed by atoms with Gasteiger partial charge in [0.05, 0.1) is 23.7 Å². The third kappa shape index (κ3) is 3.50. The van der Waals surface area contributed by atoms with Gasteiger partial charge in [0.25, 0.3) is 0 Å². The molecule has 5 nitrogen and oxygen atoms in total. The lowest BCUT2D eigenvalue weighted by molar-refractivity contribution is 0.415. The molecule has 0 saturated heterocycles. The molecule has 0 fully saturated rings. The molecule has 0 aliphatic rings. The van der Waals surface area contributed by atoms with Crippen molar-refractivity contribution in [2.75, 3.05) is 7.11 Å². The van der Waals surface area contributed by atoms with Crippen molar-refractivity contribution in [3.63, 3.8) is 0 Å². The fourth-order valence-electron chi connectivity index (χ4n) is 2.74. The molecule has 2 aromatic carbocycles. The first kappa shape index (κ1) is 17.1. The van der Waals surface area contributed by atoms with E-state index in [9.17, 15) is 5.26 Å². The zero-order valence-electron chi connectivity index (χ0n) is 14.4. The monoisotopic (exact) mass is 419 g/mol. The molecule has 0 unspecified atom stereocenters. The van der Waals surface area contributed by atoms with Crippen LogP contribution in [-0.4, -0.2) is 17.1 Å². The van der Waals surface area contributed by atoms with Crippen molar-refractivity contribution in [3.05, 3.63) is 70.7 Å². The number of nitrogens with one attached hydrogen (secondary N) is 1. The normalized spacial score (nSPS) is 11.5. The standard InChI is InChI=1S/C21H14BrN3O2/c1-26-16-6-8-18-19(11-16)25-21(24-18)14(12-23)10-17-7-9-20(27-17)13-2-4-15(22)5-3-13/h2-11H,1H3,(H,24,25)/b14-10+. The van der Waals surface area contributed by atoms with Crippen molar-refractivity contribution in [2.45, 2.75) is 0 Å². The van der Waals surface area contributed by atoms with E-state index in [0.29, 0.717) is 17.2 Å². The molecule has 6 heteroatoms. The maximum Gasteiger partial charge on any atom is 0.149 e. The van der Waals surface area contributed by atoms with Crippen LogP contribution < -0.4 is 4.74 Å². The smallest absolute Gasteiger partial charge is 0.149 e. The van der Waals surface area contributed by atoms with Gasteiger partial charge in [-0.25, -0.2) is 4.98 Å². The van der Waals surface area contributed by atoms with Gasteiger partial charge < -0.3 is 14.1 Å².